The van der Waals surface area contributed by atoms with E-state index in [1.807, 2.05) is 0 Å². The van der Waals surface area contributed by atoms with E-state index in [1.165, 1.54) is 37.8 Å². The average Bonchev–Trinajstić information content (AvgIpc) is 3.41. The van der Waals surface area contributed by atoms with Crippen molar-refractivity contribution in [2.75, 3.05) is 13.1 Å². The van der Waals surface area contributed by atoms with E-state index in [0.717, 1.165) is 12.5 Å². The zero-order valence-electron chi connectivity index (χ0n) is 16.8. The molecule has 1 aliphatic rings. The third kappa shape index (κ3) is 10.5. The monoisotopic (exact) mass is 370 g/mol. The predicted octanol–water partition coefficient (Wildman–Crippen LogP) is 4.77. The van der Waals surface area contributed by atoms with Gasteiger partial charge in [-0.2, -0.15) is 0 Å². The van der Waals surface area contributed by atoms with Gasteiger partial charge in [-0.1, -0.05) is 54.6 Å². The Kier molecular flexibility index (Phi) is 12.6. The molecule has 1 fully saturated rings. The smallest absolute Gasteiger partial charge is 0.232 e. The fourth-order valence-corrected chi connectivity index (χ4v) is 2.57. The van der Waals surface area contributed by atoms with Gasteiger partial charge in [0, 0.05) is 6.54 Å². The first-order valence-corrected chi connectivity index (χ1v) is 9.68. The molecule has 2 atom stereocenters. The molecule has 0 spiro atoms. The van der Waals surface area contributed by atoms with Gasteiger partial charge >= 0.3 is 0 Å². The fourth-order valence-electron chi connectivity index (χ4n) is 2.57. The van der Waals surface area contributed by atoms with Crippen LogP contribution in [-0.2, 0) is 0 Å². The number of nitrogens with one attached hydrogen (secondary N) is 1. The number of nitrogens with zero attached hydrogens (tertiary/aromatic N) is 2. The van der Waals surface area contributed by atoms with Crippen molar-refractivity contribution in [3.05, 3.63) is 72.5 Å². The van der Waals surface area contributed by atoms with Crippen molar-refractivity contribution in [1.82, 2.24) is 15.5 Å². The zero-order chi connectivity index (χ0) is 19.7. The van der Waals surface area contributed by atoms with Crippen LogP contribution in [0.5, 0.6) is 0 Å². The number of hydrogen-bond donors (Lipinski definition) is 2. The van der Waals surface area contributed by atoms with Gasteiger partial charge in [-0.15, -0.1) is 10.2 Å². The van der Waals surface area contributed by atoms with Crippen LogP contribution in [0.2, 0.25) is 0 Å². The maximum absolute atomic E-state index is 5.36. The van der Waals surface area contributed by atoms with E-state index in [1.54, 1.807) is 6.92 Å². The summed E-state index contributed by atoms with van der Waals surface area (Å²) in [6.45, 7) is 8.22. The Hall–Kier alpha value is -2.24. The number of hydrogen-bond acceptors (Lipinski definition) is 5. The molecule has 0 saturated carbocycles. The van der Waals surface area contributed by atoms with Crippen molar-refractivity contribution in [2.45, 2.75) is 52.0 Å². The number of rotatable bonds is 5. The first kappa shape index (κ1) is 22.8. The van der Waals surface area contributed by atoms with Gasteiger partial charge in [0.2, 0.25) is 12.3 Å². The summed E-state index contributed by atoms with van der Waals surface area (Å²) >= 11 is 0. The molecule has 0 amide bonds. The lowest BCUT2D eigenvalue weighted by Crippen LogP contribution is -2.07. The van der Waals surface area contributed by atoms with Gasteiger partial charge in [-0.3, -0.25) is 0 Å². The summed E-state index contributed by atoms with van der Waals surface area (Å²) < 4.78 is 4.75. The quantitative estimate of drug-likeness (QED) is 0.585. The third-order valence-corrected chi connectivity index (χ3v) is 4.07. The number of unbranched alkanes of at least 4 members (excludes halogenated alkanes) is 1. The lowest BCUT2D eigenvalue weighted by atomic mass is 9.99. The van der Waals surface area contributed by atoms with Crippen molar-refractivity contribution in [3.63, 3.8) is 0 Å². The summed E-state index contributed by atoms with van der Waals surface area (Å²) in [6, 6.07) is 10.6. The molecule has 148 valence electrons. The molecule has 1 aromatic carbocycles. The van der Waals surface area contributed by atoms with E-state index in [2.05, 4.69) is 84.0 Å². The highest BCUT2D eigenvalue weighted by Crippen LogP contribution is 2.21. The van der Waals surface area contributed by atoms with E-state index >= 15 is 0 Å². The topological polar surface area (TPSA) is 77.0 Å². The Labute approximate surface area is 163 Å². The molecule has 27 heavy (non-hydrogen) atoms. The Balaban J connectivity index is 0.000000208. The Bertz CT molecular complexity index is 603. The second-order valence-electron chi connectivity index (χ2n) is 6.38. The summed E-state index contributed by atoms with van der Waals surface area (Å²) in [7, 11) is 0. The molecule has 0 bridgehead atoms. The van der Waals surface area contributed by atoms with Gasteiger partial charge in [0.15, 0.2) is 0 Å². The van der Waals surface area contributed by atoms with Crippen molar-refractivity contribution in [2.24, 2.45) is 5.73 Å². The lowest BCUT2D eigenvalue weighted by molar-refractivity contribution is 0.463. The summed E-state index contributed by atoms with van der Waals surface area (Å²) in [5, 5.41) is 10.4. The van der Waals surface area contributed by atoms with E-state index < -0.39 is 0 Å². The number of aromatic nitrogens is 2. The molecule has 1 aromatic heterocycles. The molecule has 3 rings (SSSR count). The number of allylic oxidation sites excluding steroid dienone is 4. The van der Waals surface area contributed by atoms with E-state index in [-0.39, 0.29) is 6.04 Å². The number of nitrogens with two attached hydrogens (primary N) is 1. The Morgan fingerprint density at radius 3 is 2.26 bits per heavy atom. The minimum absolute atomic E-state index is 0.155. The Morgan fingerprint density at radius 2 is 1.85 bits per heavy atom. The highest BCUT2D eigenvalue weighted by molar-refractivity contribution is 5.20. The zero-order valence-corrected chi connectivity index (χ0v) is 16.8. The molecule has 5 heteroatoms. The van der Waals surface area contributed by atoms with Gasteiger partial charge in [0.1, 0.15) is 0 Å². The minimum Gasteiger partial charge on any atom is -0.426 e. The largest absolute Gasteiger partial charge is 0.426 e. The molecule has 1 aliphatic heterocycles. The summed E-state index contributed by atoms with van der Waals surface area (Å²) in [6.07, 6.45) is 13.5. The molecule has 3 N–H and O–H groups in total. The fraction of sp³-hybridized carbons (Fsp3) is 0.455. The van der Waals surface area contributed by atoms with Crippen LogP contribution in [0, 0.1) is 0 Å². The van der Waals surface area contributed by atoms with Crippen LogP contribution in [0.25, 0.3) is 0 Å². The molecule has 2 aromatic rings. The molecular weight excluding hydrogens is 336 g/mol. The second kappa shape index (κ2) is 14.9. The average molecular weight is 371 g/mol. The molecule has 2 heterocycles. The Morgan fingerprint density at radius 1 is 1.19 bits per heavy atom. The molecule has 5 nitrogen and oxygen atoms in total. The van der Waals surface area contributed by atoms with Crippen LogP contribution >= 0.6 is 0 Å². The normalized spacial score (nSPS) is 17.3. The first-order valence-electron chi connectivity index (χ1n) is 9.68. The summed E-state index contributed by atoms with van der Waals surface area (Å²) in [5.74, 6) is 1.24. The van der Waals surface area contributed by atoms with Crippen LogP contribution in [-0.4, -0.2) is 23.3 Å². The molecular formula is C22H34N4O. The maximum Gasteiger partial charge on any atom is 0.232 e. The summed E-state index contributed by atoms with van der Waals surface area (Å²) in [4.78, 5) is 0. The van der Waals surface area contributed by atoms with Crippen LogP contribution in [0.4, 0.5) is 0 Å². The van der Waals surface area contributed by atoms with Crippen molar-refractivity contribution < 1.29 is 4.42 Å². The van der Waals surface area contributed by atoms with Gasteiger partial charge in [-0.05, 0) is 58.1 Å². The standard InChI is InChI=1S/C10H13N.C8H14.C4H7N3O/c1-2-4-9(5-3-1)10-6-7-11-8-10;1-3-5-7-8-6-4-2;1-3(5)4-7-6-2-8-4/h1-5,10-11H,6-8H2;3-6H,7-8H2,1-2H3;2-3H,5H2,1H3/b;5-3-,6-4+;/t10-;;/m0../s1. The molecule has 0 aliphatic carbocycles. The SMILES string of the molecule is C/C=C\CC/C=C/C.CC(N)c1nnco1.c1ccc([C@H]2CCNC2)cc1. The van der Waals surface area contributed by atoms with Crippen LogP contribution < -0.4 is 11.1 Å². The van der Waals surface area contributed by atoms with Gasteiger partial charge in [0.05, 0.1) is 6.04 Å². The summed E-state index contributed by atoms with van der Waals surface area (Å²) in [5.41, 5.74) is 6.85. The second-order valence-corrected chi connectivity index (χ2v) is 6.38. The van der Waals surface area contributed by atoms with Gasteiger partial charge in [-0.25, -0.2) is 0 Å². The molecule has 1 saturated heterocycles. The third-order valence-electron chi connectivity index (χ3n) is 4.07. The van der Waals surface area contributed by atoms with Crippen molar-refractivity contribution in [1.29, 1.82) is 0 Å². The maximum atomic E-state index is 5.36. The predicted molar refractivity (Wildman–Crippen MR) is 112 cm³/mol. The highest BCUT2D eigenvalue weighted by Gasteiger charge is 2.15. The van der Waals surface area contributed by atoms with Crippen LogP contribution in [0.3, 0.4) is 0 Å². The number of benzene rings is 1. The van der Waals surface area contributed by atoms with Crippen LogP contribution in [0.1, 0.15) is 63.4 Å². The van der Waals surface area contributed by atoms with Gasteiger partial charge < -0.3 is 15.5 Å². The minimum atomic E-state index is -0.155. The first-order chi connectivity index (χ1) is 13.2. The highest BCUT2D eigenvalue weighted by atomic mass is 16.4. The lowest BCUT2D eigenvalue weighted by Gasteiger charge is -2.06. The van der Waals surface area contributed by atoms with Crippen LogP contribution in [0.15, 0.2) is 65.4 Å². The molecule has 0 radical (unpaired) electrons. The van der Waals surface area contributed by atoms with E-state index in [0.29, 0.717) is 5.89 Å². The molecule has 1 unspecified atom stereocenters. The van der Waals surface area contributed by atoms with Crippen molar-refractivity contribution in [3.8, 4) is 0 Å². The van der Waals surface area contributed by atoms with Crippen molar-refractivity contribution >= 4 is 0 Å². The van der Waals surface area contributed by atoms with E-state index in [9.17, 15) is 0 Å². The van der Waals surface area contributed by atoms with Gasteiger partial charge in [0.25, 0.3) is 0 Å². The van der Waals surface area contributed by atoms with E-state index in [4.69, 9.17) is 10.2 Å².